The summed E-state index contributed by atoms with van der Waals surface area (Å²) in [5.74, 6) is 0. The van der Waals surface area contributed by atoms with E-state index >= 15 is 0 Å². The van der Waals surface area contributed by atoms with Crippen molar-refractivity contribution in [1.29, 1.82) is 0 Å². The molecule has 3 nitrogen and oxygen atoms in total. The number of hydrogen-bond acceptors (Lipinski definition) is 2. The second kappa shape index (κ2) is 5.99. The molecule has 0 aromatic heterocycles. The van der Waals surface area contributed by atoms with Crippen LogP contribution in [0.5, 0.6) is 0 Å². The molecule has 2 rings (SSSR count). The highest BCUT2D eigenvalue weighted by Crippen LogP contribution is 2.17. The van der Waals surface area contributed by atoms with E-state index in [-0.39, 0.29) is 12.2 Å². The summed E-state index contributed by atoms with van der Waals surface area (Å²) in [4.78, 5) is 2.16. The monoisotopic (exact) mass is 328 g/mol. The van der Waals surface area contributed by atoms with Crippen molar-refractivity contribution in [3.63, 3.8) is 0 Å². The molecule has 5 heteroatoms. The summed E-state index contributed by atoms with van der Waals surface area (Å²) in [5.41, 5.74) is 1.00. The maximum Gasteiger partial charge on any atom is 0.173 e. The Labute approximate surface area is 122 Å². The Morgan fingerprint density at radius 2 is 2.06 bits per heavy atom. The molecule has 0 amide bonds. The molecule has 0 spiro atoms. The fraction of sp³-hybridized carbons (Fsp3) is 0.462. The minimum absolute atomic E-state index is 0.219. The Morgan fingerprint density at radius 1 is 1.39 bits per heavy atom. The first-order valence-corrected chi connectivity index (χ1v) is 7.21. The van der Waals surface area contributed by atoms with E-state index in [0.717, 1.165) is 28.4 Å². The molecule has 98 valence electrons. The van der Waals surface area contributed by atoms with E-state index in [2.05, 4.69) is 40.0 Å². The number of morpholine rings is 1. The number of benzene rings is 1. The van der Waals surface area contributed by atoms with Crippen molar-refractivity contribution < 1.29 is 4.74 Å². The normalized spacial score (nSPS) is 23.8. The third-order valence-electron chi connectivity index (χ3n) is 2.78. The predicted octanol–water partition coefficient (Wildman–Crippen LogP) is 3.26. The summed E-state index contributed by atoms with van der Waals surface area (Å²) in [6, 6.07) is 8.00. The molecule has 1 N–H and O–H groups in total. The third kappa shape index (κ3) is 3.67. The smallest absolute Gasteiger partial charge is 0.173 e. The van der Waals surface area contributed by atoms with Crippen LogP contribution in [0.3, 0.4) is 0 Å². The molecular formula is C13H17BrN2OS. The van der Waals surface area contributed by atoms with Crippen molar-refractivity contribution in [2.75, 3.05) is 18.4 Å². The Bertz CT molecular complexity index is 431. The van der Waals surface area contributed by atoms with E-state index in [9.17, 15) is 0 Å². The molecule has 1 fully saturated rings. The maximum absolute atomic E-state index is 5.70. The Balaban J connectivity index is 1.99. The molecule has 0 unspecified atom stereocenters. The predicted molar refractivity (Wildman–Crippen MR) is 81.9 cm³/mol. The Kier molecular flexibility index (Phi) is 4.59. The van der Waals surface area contributed by atoms with Crippen LogP contribution in [0.25, 0.3) is 0 Å². The van der Waals surface area contributed by atoms with Crippen molar-refractivity contribution in [2.24, 2.45) is 0 Å². The first-order chi connectivity index (χ1) is 8.54. The highest BCUT2D eigenvalue weighted by Gasteiger charge is 2.23. The van der Waals surface area contributed by atoms with Crippen LogP contribution in [0, 0.1) is 0 Å². The van der Waals surface area contributed by atoms with Gasteiger partial charge in [0.25, 0.3) is 0 Å². The van der Waals surface area contributed by atoms with E-state index in [1.165, 1.54) is 0 Å². The lowest BCUT2D eigenvalue weighted by molar-refractivity contribution is -0.0473. The van der Waals surface area contributed by atoms with Crippen LogP contribution in [0.1, 0.15) is 13.8 Å². The summed E-state index contributed by atoms with van der Waals surface area (Å²) < 4.78 is 6.74. The van der Waals surface area contributed by atoms with Gasteiger partial charge in [0.05, 0.1) is 12.2 Å². The van der Waals surface area contributed by atoms with Gasteiger partial charge in [0.1, 0.15) is 0 Å². The van der Waals surface area contributed by atoms with E-state index in [4.69, 9.17) is 17.0 Å². The van der Waals surface area contributed by atoms with E-state index in [1.54, 1.807) is 0 Å². The molecule has 0 saturated carbocycles. The number of nitrogens with one attached hydrogen (secondary N) is 1. The first-order valence-electron chi connectivity index (χ1n) is 6.01. The SMILES string of the molecule is C[C@@H]1CN(C(=S)Nc2cccc(Br)c2)C[C@H](C)O1. The molecule has 18 heavy (non-hydrogen) atoms. The van der Waals surface area contributed by atoms with Crippen LogP contribution < -0.4 is 5.32 Å². The second-order valence-corrected chi connectivity index (χ2v) is 5.91. The van der Waals surface area contributed by atoms with Gasteiger partial charge < -0.3 is 15.0 Å². The number of thiocarbonyl (C=S) groups is 1. The van der Waals surface area contributed by atoms with Crippen molar-refractivity contribution >= 4 is 38.9 Å². The minimum Gasteiger partial charge on any atom is -0.372 e. The zero-order valence-electron chi connectivity index (χ0n) is 10.5. The van der Waals surface area contributed by atoms with E-state index < -0.39 is 0 Å². The number of anilines is 1. The largest absolute Gasteiger partial charge is 0.372 e. The zero-order chi connectivity index (χ0) is 13.1. The van der Waals surface area contributed by atoms with Gasteiger partial charge in [0.2, 0.25) is 0 Å². The quantitative estimate of drug-likeness (QED) is 0.800. The van der Waals surface area contributed by atoms with Crippen molar-refractivity contribution in [1.82, 2.24) is 4.90 Å². The summed E-state index contributed by atoms with van der Waals surface area (Å²) >= 11 is 8.90. The fourth-order valence-electron chi connectivity index (χ4n) is 2.11. The number of ether oxygens (including phenoxy) is 1. The third-order valence-corrected chi connectivity index (χ3v) is 3.64. The van der Waals surface area contributed by atoms with Crippen LogP contribution in [-0.2, 0) is 4.74 Å². The van der Waals surface area contributed by atoms with Crippen LogP contribution >= 0.6 is 28.1 Å². The number of hydrogen-bond donors (Lipinski definition) is 1. The molecule has 1 saturated heterocycles. The van der Waals surface area contributed by atoms with Gasteiger partial charge in [-0.2, -0.15) is 0 Å². The highest BCUT2D eigenvalue weighted by atomic mass is 79.9. The summed E-state index contributed by atoms with van der Waals surface area (Å²) in [6.07, 6.45) is 0.437. The van der Waals surface area contributed by atoms with E-state index in [1.807, 2.05) is 24.3 Å². The number of halogens is 1. The number of rotatable bonds is 1. The van der Waals surface area contributed by atoms with Gasteiger partial charge in [0.15, 0.2) is 5.11 Å². The molecule has 0 bridgehead atoms. The molecule has 1 aromatic rings. The Hall–Kier alpha value is -0.650. The molecule has 2 atom stereocenters. The maximum atomic E-state index is 5.70. The van der Waals surface area contributed by atoms with Crippen molar-refractivity contribution in [2.45, 2.75) is 26.1 Å². The fourth-order valence-corrected chi connectivity index (χ4v) is 2.78. The summed E-state index contributed by atoms with van der Waals surface area (Å²) in [6.45, 7) is 5.82. The average molecular weight is 329 g/mol. The standard InChI is InChI=1S/C13H17BrN2OS/c1-9-7-16(8-10(2)17-9)13(18)15-12-5-3-4-11(14)6-12/h3-6,9-10H,7-8H2,1-2H3,(H,15,18)/t9-,10+. The van der Waals surface area contributed by atoms with Gasteiger partial charge in [0, 0.05) is 23.2 Å². The molecular weight excluding hydrogens is 312 g/mol. The number of nitrogens with zero attached hydrogens (tertiary/aromatic N) is 1. The summed E-state index contributed by atoms with van der Waals surface area (Å²) in [5, 5.41) is 4.02. The summed E-state index contributed by atoms with van der Waals surface area (Å²) in [7, 11) is 0. The van der Waals surface area contributed by atoms with Crippen LogP contribution in [0.4, 0.5) is 5.69 Å². The van der Waals surface area contributed by atoms with Crippen LogP contribution in [0.2, 0.25) is 0 Å². The lowest BCUT2D eigenvalue weighted by atomic mass is 10.2. The van der Waals surface area contributed by atoms with Gasteiger partial charge in [-0.1, -0.05) is 22.0 Å². The minimum atomic E-state index is 0.219. The van der Waals surface area contributed by atoms with Gasteiger partial charge >= 0.3 is 0 Å². The van der Waals surface area contributed by atoms with Crippen LogP contribution in [-0.4, -0.2) is 35.3 Å². The molecule has 1 aliphatic rings. The van der Waals surface area contributed by atoms with Crippen molar-refractivity contribution in [3.8, 4) is 0 Å². The molecule has 0 radical (unpaired) electrons. The molecule has 1 aliphatic heterocycles. The van der Waals surface area contributed by atoms with Gasteiger partial charge in [-0.25, -0.2) is 0 Å². The highest BCUT2D eigenvalue weighted by molar-refractivity contribution is 9.10. The van der Waals surface area contributed by atoms with Gasteiger partial charge in [-0.15, -0.1) is 0 Å². The van der Waals surface area contributed by atoms with E-state index in [0.29, 0.717) is 0 Å². The average Bonchev–Trinajstić information content (AvgIpc) is 2.27. The van der Waals surface area contributed by atoms with Gasteiger partial charge in [-0.3, -0.25) is 0 Å². The topological polar surface area (TPSA) is 24.5 Å². The van der Waals surface area contributed by atoms with Crippen LogP contribution in [0.15, 0.2) is 28.7 Å². The zero-order valence-corrected chi connectivity index (χ0v) is 12.9. The van der Waals surface area contributed by atoms with Crippen molar-refractivity contribution in [3.05, 3.63) is 28.7 Å². The molecule has 1 heterocycles. The first kappa shape index (κ1) is 13.8. The Morgan fingerprint density at radius 3 is 2.67 bits per heavy atom. The lowest BCUT2D eigenvalue weighted by Crippen LogP contribution is -2.49. The van der Waals surface area contributed by atoms with Gasteiger partial charge in [-0.05, 0) is 44.3 Å². The molecule has 0 aliphatic carbocycles. The second-order valence-electron chi connectivity index (χ2n) is 4.60. The molecule has 1 aromatic carbocycles. The lowest BCUT2D eigenvalue weighted by Gasteiger charge is -2.36.